The molecule has 1 aromatic rings. The molecule has 0 amide bonds. The molecule has 70 valence electrons. The Morgan fingerprint density at radius 2 is 2.14 bits per heavy atom. The average molecular weight is 226 g/mol. The molecule has 0 aliphatic rings. The molecule has 0 aliphatic heterocycles. The average Bonchev–Trinajstić information content (AvgIpc) is 2.08. The predicted molar refractivity (Wildman–Crippen MR) is 42.9 cm³/mol. The first-order valence-electron chi connectivity index (χ1n) is 3.32. The van der Waals surface area contributed by atoms with Crippen molar-refractivity contribution in [1.82, 2.24) is 0 Å². The Morgan fingerprint density at radius 1 is 1.50 bits per heavy atom. The van der Waals surface area contributed by atoms with E-state index < -0.39 is 4.92 Å². The van der Waals surface area contributed by atoms with Crippen LogP contribution < -0.4 is 34.8 Å². The van der Waals surface area contributed by atoms with Crippen LogP contribution in [0.25, 0.3) is 0 Å². The number of hydrogen-bond donors (Lipinski definition) is 0. The van der Waals surface area contributed by atoms with Crippen molar-refractivity contribution in [2.45, 2.75) is 6.61 Å². The third-order valence-electron chi connectivity index (χ3n) is 1.45. The van der Waals surface area contributed by atoms with Gasteiger partial charge in [-0.1, -0.05) is 11.6 Å². The molecular formula is C7H5ClNNaO4. The second kappa shape index (κ2) is 6.34. The Morgan fingerprint density at radius 3 is 2.64 bits per heavy atom. The van der Waals surface area contributed by atoms with Gasteiger partial charge in [0.25, 0.3) is 5.69 Å². The smallest absolute Gasteiger partial charge is 0.723 e. The van der Waals surface area contributed by atoms with Crippen LogP contribution in [0.5, 0.6) is 0 Å². The molecule has 0 heterocycles. The second-order valence-electron chi connectivity index (χ2n) is 2.30. The van der Waals surface area contributed by atoms with Crippen LogP contribution in [0.2, 0.25) is 5.02 Å². The van der Waals surface area contributed by atoms with Crippen LogP contribution in [0.3, 0.4) is 0 Å². The molecule has 0 N–H and O–H groups in total. The minimum Gasteiger partial charge on any atom is -0.723 e. The molecule has 0 saturated carbocycles. The fourth-order valence-electron chi connectivity index (χ4n) is 0.849. The molecule has 0 spiro atoms. The number of benzene rings is 1. The monoisotopic (exact) mass is 225 g/mol. The predicted octanol–water partition coefficient (Wildman–Crippen LogP) is -1.96. The van der Waals surface area contributed by atoms with Gasteiger partial charge in [-0.2, -0.15) is 0 Å². The standard InChI is InChI=1S/C7H6ClNO4.Na/c8-7-2-1-6(9(10)11)3-5(7)4-13-12;/h1-3,12H,4H2;/q;+1/p-1. The number of rotatable bonds is 3. The van der Waals surface area contributed by atoms with E-state index in [9.17, 15) is 15.4 Å². The maximum Gasteiger partial charge on any atom is 1.00 e. The summed E-state index contributed by atoms with van der Waals surface area (Å²) < 4.78 is 0. The largest absolute Gasteiger partial charge is 1.00 e. The molecule has 5 nitrogen and oxygen atoms in total. The Kier molecular flexibility index (Phi) is 6.26. The molecule has 0 bridgehead atoms. The van der Waals surface area contributed by atoms with Gasteiger partial charge in [0.05, 0.1) is 11.5 Å². The van der Waals surface area contributed by atoms with Crippen molar-refractivity contribution in [2.75, 3.05) is 0 Å². The minimum absolute atomic E-state index is 0. The van der Waals surface area contributed by atoms with Gasteiger partial charge in [-0.05, 0) is 6.07 Å². The van der Waals surface area contributed by atoms with E-state index in [0.717, 1.165) is 0 Å². The maximum absolute atomic E-state index is 10.3. The third-order valence-corrected chi connectivity index (χ3v) is 1.82. The van der Waals surface area contributed by atoms with E-state index >= 15 is 0 Å². The number of nitrogens with zero attached hydrogens (tertiary/aromatic N) is 1. The van der Waals surface area contributed by atoms with E-state index in [1.807, 2.05) is 0 Å². The van der Waals surface area contributed by atoms with Gasteiger partial charge < -0.3 is 10.1 Å². The summed E-state index contributed by atoms with van der Waals surface area (Å²) in [7, 11) is 0. The number of nitro groups is 1. The van der Waals surface area contributed by atoms with E-state index in [2.05, 4.69) is 4.89 Å². The zero-order valence-corrected chi connectivity index (χ0v) is 10.2. The van der Waals surface area contributed by atoms with Crippen LogP contribution in [0.1, 0.15) is 5.56 Å². The summed E-state index contributed by atoms with van der Waals surface area (Å²) in [5.41, 5.74) is 0.197. The van der Waals surface area contributed by atoms with Crippen molar-refractivity contribution in [1.29, 1.82) is 0 Å². The van der Waals surface area contributed by atoms with Crippen LogP contribution in [-0.2, 0) is 11.5 Å². The van der Waals surface area contributed by atoms with E-state index in [4.69, 9.17) is 11.6 Å². The zero-order chi connectivity index (χ0) is 9.84. The van der Waals surface area contributed by atoms with E-state index in [0.29, 0.717) is 5.56 Å². The Balaban J connectivity index is 0.00000169. The first-order valence-corrected chi connectivity index (χ1v) is 3.70. The molecule has 1 rings (SSSR count). The van der Waals surface area contributed by atoms with Gasteiger partial charge in [0, 0.05) is 22.7 Å². The molecule has 7 heteroatoms. The molecule has 0 saturated heterocycles. The first-order chi connectivity index (χ1) is 6.15. The zero-order valence-electron chi connectivity index (χ0n) is 7.40. The number of hydrogen-bond acceptors (Lipinski definition) is 4. The summed E-state index contributed by atoms with van der Waals surface area (Å²) in [6.45, 7) is -0.277. The maximum atomic E-state index is 10.3. The number of non-ortho nitro benzene ring substituents is 1. The van der Waals surface area contributed by atoms with Crippen LogP contribution in [0, 0.1) is 10.1 Å². The molecule has 0 aromatic heterocycles. The molecule has 14 heavy (non-hydrogen) atoms. The number of nitro benzene ring substituents is 1. The van der Waals surface area contributed by atoms with Gasteiger partial charge in [0.2, 0.25) is 0 Å². The van der Waals surface area contributed by atoms with Crippen molar-refractivity contribution in [3.05, 3.63) is 38.9 Å². The van der Waals surface area contributed by atoms with Crippen LogP contribution >= 0.6 is 11.6 Å². The van der Waals surface area contributed by atoms with Gasteiger partial charge >= 0.3 is 29.6 Å². The first kappa shape index (κ1) is 13.8. The van der Waals surface area contributed by atoms with Gasteiger partial charge in [-0.15, -0.1) is 0 Å². The molecule has 0 radical (unpaired) electrons. The fourth-order valence-corrected chi connectivity index (χ4v) is 1.02. The SMILES string of the molecule is O=[N+]([O-])c1ccc(Cl)c(CO[O-])c1.[Na+]. The summed E-state index contributed by atoms with van der Waals surface area (Å²) in [6, 6.07) is 3.82. The molecule has 0 unspecified atom stereocenters. The molecule has 0 aliphatic carbocycles. The van der Waals surface area contributed by atoms with Crippen molar-refractivity contribution in [3.8, 4) is 0 Å². The van der Waals surface area contributed by atoms with Crippen molar-refractivity contribution < 1.29 is 44.6 Å². The third kappa shape index (κ3) is 3.53. The Hall–Kier alpha value is -0.170. The summed E-state index contributed by atoms with van der Waals surface area (Å²) in [6.07, 6.45) is 0. The molecule has 0 fully saturated rings. The summed E-state index contributed by atoms with van der Waals surface area (Å²) in [5, 5.41) is 20.4. The minimum atomic E-state index is -0.565. The van der Waals surface area contributed by atoms with Gasteiger partial charge in [0.1, 0.15) is 0 Å². The van der Waals surface area contributed by atoms with Crippen molar-refractivity contribution in [2.24, 2.45) is 0 Å². The molecule has 0 atom stereocenters. The Bertz CT molecular complexity index is 333. The summed E-state index contributed by atoms with van der Waals surface area (Å²) >= 11 is 5.64. The Labute approximate surface area is 107 Å². The van der Waals surface area contributed by atoms with Crippen LogP contribution in [-0.4, -0.2) is 4.92 Å². The summed E-state index contributed by atoms with van der Waals surface area (Å²) in [4.78, 5) is 13.3. The van der Waals surface area contributed by atoms with E-state index in [1.165, 1.54) is 18.2 Å². The van der Waals surface area contributed by atoms with Gasteiger partial charge in [0.15, 0.2) is 0 Å². The van der Waals surface area contributed by atoms with Crippen molar-refractivity contribution in [3.63, 3.8) is 0 Å². The van der Waals surface area contributed by atoms with Crippen LogP contribution in [0.15, 0.2) is 18.2 Å². The summed E-state index contributed by atoms with van der Waals surface area (Å²) in [5.74, 6) is 0. The normalized spacial score (nSPS) is 9.29. The van der Waals surface area contributed by atoms with Crippen LogP contribution in [0.4, 0.5) is 5.69 Å². The molecular weight excluding hydrogens is 221 g/mol. The van der Waals surface area contributed by atoms with E-state index in [-0.39, 0.29) is 46.9 Å². The quantitative estimate of drug-likeness (QED) is 0.259. The fraction of sp³-hybridized carbons (Fsp3) is 0.143. The second-order valence-corrected chi connectivity index (χ2v) is 2.70. The van der Waals surface area contributed by atoms with Gasteiger partial charge in [-0.3, -0.25) is 10.1 Å². The van der Waals surface area contributed by atoms with Gasteiger partial charge in [-0.25, -0.2) is 0 Å². The van der Waals surface area contributed by atoms with Crippen molar-refractivity contribution >= 4 is 17.3 Å². The molecule has 1 aromatic carbocycles. The topological polar surface area (TPSA) is 75.4 Å². The number of halogens is 1. The van der Waals surface area contributed by atoms with E-state index in [1.54, 1.807) is 0 Å².